The van der Waals surface area contributed by atoms with Crippen LogP contribution in [0.4, 0.5) is 0 Å². The van der Waals surface area contributed by atoms with Crippen molar-refractivity contribution in [3.8, 4) is 0 Å². The molecular weight excluding hydrogens is 227 g/mol. The number of fused-ring (bicyclic) bond motifs is 2. The summed E-state index contributed by atoms with van der Waals surface area (Å²) in [6.45, 7) is 4.48. The normalized spacial score (nSPS) is 38.2. The van der Waals surface area contributed by atoms with Crippen LogP contribution >= 0.6 is 7.60 Å². The lowest BCUT2D eigenvalue weighted by molar-refractivity contribution is 0.111. The zero-order valence-electron chi connectivity index (χ0n) is 9.96. The van der Waals surface area contributed by atoms with Gasteiger partial charge in [0.05, 0.1) is 25.0 Å². The van der Waals surface area contributed by atoms with E-state index in [-0.39, 0.29) is 17.7 Å². The van der Waals surface area contributed by atoms with E-state index in [1.807, 2.05) is 13.8 Å². The molecule has 0 aliphatic heterocycles. The van der Waals surface area contributed by atoms with Gasteiger partial charge in [-0.15, -0.1) is 0 Å². The smallest absolute Gasteiger partial charge is 0.334 e. The van der Waals surface area contributed by atoms with Gasteiger partial charge < -0.3 is 14.2 Å². The van der Waals surface area contributed by atoms with Gasteiger partial charge in [0.1, 0.15) is 0 Å². The summed E-state index contributed by atoms with van der Waals surface area (Å²) in [5, 5.41) is 9.86. The molecule has 0 heterocycles. The third-order valence-corrected chi connectivity index (χ3v) is 6.59. The molecule has 2 fully saturated rings. The maximum Gasteiger partial charge on any atom is 0.334 e. The number of hydrogen-bond acceptors (Lipinski definition) is 4. The fourth-order valence-electron chi connectivity index (χ4n) is 3.32. The van der Waals surface area contributed by atoms with Gasteiger partial charge in [0.25, 0.3) is 0 Å². The average molecular weight is 248 g/mol. The van der Waals surface area contributed by atoms with Crippen molar-refractivity contribution in [1.29, 1.82) is 0 Å². The summed E-state index contributed by atoms with van der Waals surface area (Å²) >= 11 is 0. The minimum atomic E-state index is -3.01. The van der Waals surface area contributed by atoms with Crippen LogP contribution in [0.2, 0.25) is 0 Å². The van der Waals surface area contributed by atoms with Crippen LogP contribution in [-0.2, 0) is 13.6 Å². The summed E-state index contributed by atoms with van der Waals surface area (Å²) in [6, 6.07) is 0. The second kappa shape index (κ2) is 4.77. The number of hydrogen-bond donors (Lipinski definition) is 1. The molecule has 4 atom stereocenters. The molecule has 4 nitrogen and oxygen atoms in total. The Balaban J connectivity index is 2.18. The van der Waals surface area contributed by atoms with Crippen LogP contribution in [0.25, 0.3) is 0 Å². The SMILES string of the molecule is CCOP(=O)(OCC)[C@@H]1[C@H]2CC[C@@H]1[C@H](O)C2. The molecule has 2 aliphatic carbocycles. The minimum Gasteiger partial charge on any atom is -0.393 e. The van der Waals surface area contributed by atoms with E-state index in [0.29, 0.717) is 19.1 Å². The molecule has 0 aromatic rings. The van der Waals surface area contributed by atoms with Gasteiger partial charge in [-0.3, -0.25) is 4.57 Å². The lowest BCUT2D eigenvalue weighted by Gasteiger charge is -2.26. The van der Waals surface area contributed by atoms with Gasteiger partial charge in [-0.2, -0.15) is 0 Å². The van der Waals surface area contributed by atoms with Crippen molar-refractivity contribution in [2.75, 3.05) is 13.2 Å². The summed E-state index contributed by atoms with van der Waals surface area (Å²) in [7, 11) is -3.01. The maximum atomic E-state index is 12.7. The topological polar surface area (TPSA) is 55.8 Å². The quantitative estimate of drug-likeness (QED) is 0.759. The highest BCUT2D eigenvalue weighted by atomic mass is 31.2. The zero-order valence-corrected chi connectivity index (χ0v) is 10.9. The van der Waals surface area contributed by atoms with Crippen LogP contribution in [-0.4, -0.2) is 30.1 Å². The van der Waals surface area contributed by atoms with Gasteiger partial charge in [-0.25, -0.2) is 0 Å². The number of aliphatic hydroxyl groups excluding tert-OH is 1. The van der Waals surface area contributed by atoms with Gasteiger partial charge in [0.2, 0.25) is 0 Å². The molecule has 0 unspecified atom stereocenters. The number of aliphatic hydroxyl groups is 1. The molecule has 0 aromatic heterocycles. The van der Waals surface area contributed by atoms with Crippen LogP contribution < -0.4 is 0 Å². The fourth-order valence-corrected chi connectivity index (χ4v) is 6.06. The van der Waals surface area contributed by atoms with Crippen molar-refractivity contribution in [3.05, 3.63) is 0 Å². The first kappa shape index (κ1) is 12.6. The summed E-state index contributed by atoms with van der Waals surface area (Å²) in [5.74, 6) is 0.442. The molecule has 0 saturated heterocycles. The van der Waals surface area contributed by atoms with Crippen molar-refractivity contribution in [2.24, 2.45) is 11.8 Å². The Morgan fingerprint density at radius 3 is 2.25 bits per heavy atom. The van der Waals surface area contributed by atoms with E-state index in [9.17, 15) is 9.67 Å². The Labute approximate surface area is 96.9 Å². The lowest BCUT2D eigenvalue weighted by atomic mass is 9.98. The van der Waals surface area contributed by atoms with Crippen molar-refractivity contribution in [2.45, 2.75) is 44.9 Å². The molecule has 2 bridgehead atoms. The van der Waals surface area contributed by atoms with Crippen LogP contribution in [0.5, 0.6) is 0 Å². The standard InChI is InChI=1S/C11H21O4P/c1-3-14-16(13,15-4-2)11-8-5-6-9(11)10(12)7-8/h8-12H,3-7H2,1-2H3/t8-,9+,10+,11+/m0/s1. The minimum absolute atomic E-state index is 0.0672. The van der Waals surface area contributed by atoms with E-state index >= 15 is 0 Å². The first-order valence-corrected chi connectivity index (χ1v) is 7.80. The first-order valence-electron chi connectivity index (χ1n) is 6.19. The second-order valence-electron chi connectivity index (χ2n) is 4.67. The van der Waals surface area contributed by atoms with E-state index in [1.165, 1.54) is 0 Å². The predicted molar refractivity (Wildman–Crippen MR) is 61.5 cm³/mol. The monoisotopic (exact) mass is 248 g/mol. The Morgan fingerprint density at radius 2 is 1.88 bits per heavy atom. The molecule has 2 aliphatic rings. The van der Waals surface area contributed by atoms with Crippen LogP contribution in [0.15, 0.2) is 0 Å². The van der Waals surface area contributed by atoms with Crippen LogP contribution in [0.3, 0.4) is 0 Å². The van der Waals surface area contributed by atoms with E-state index in [1.54, 1.807) is 0 Å². The average Bonchev–Trinajstić information content (AvgIpc) is 2.75. The van der Waals surface area contributed by atoms with E-state index < -0.39 is 7.60 Å². The Bertz CT molecular complexity index is 284. The van der Waals surface area contributed by atoms with E-state index in [4.69, 9.17) is 9.05 Å². The van der Waals surface area contributed by atoms with Crippen LogP contribution in [0.1, 0.15) is 33.1 Å². The van der Waals surface area contributed by atoms with Gasteiger partial charge in [0.15, 0.2) is 0 Å². The molecule has 1 N–H and O–H groups in total. The molecule has 16 heavy (non-hydrogen) atoms. The largest absolute Gasteiger partial charge is 0.393 e. The van der Waals surface area contributed by atoms with Gasteiger partial charge >= 0.3 is 7.60 Å². The molecule has 2 rings (SSSR count). The molecule has 0 radical (unpaired) electrons. The van der Waals surface area contributed by atoms with Crippen molar-refractivity contribution < 1.29 is 18.7 Å². The van der Waals surface area contributed by atoms with Crippen molar-refractivity contribution >= 4 is 7.60 Å². The van der Waals surface area contributed by atoms with Gasteiger partial charge in [0, 0.05) is 0 Å². The van der Waals surface area contributed by atoms with Gasteiger partial charge in [-0.1, -0.05) is 0 Å². The van der Waals surface area contributed by atoms with Crippen molar-refractivity contribution in [1.82, 2.24) is 0 Å². The summed E-state index contributed by atoms with van der Waals surface area (Å²) in [4.78, 5) is 0. The summed E-state index contributed by atoms with van der Waals surface area (Å²) in [5.41, 5.74) is -0.0672. The summed E-state index contributed by atoms with van der Waals surface area (Å²) < 4.78 is 23.5. The summed E-state index contributed by atoms with van der Waals surface area (Å²) in [6.07, 6.45) is 2.47. The van der Waals surface area contributed by atoms with Crippen LogP contribution in [0, 0.1) is 11.8 Å². The Morgan fingerprint density at radius 1 is 1.25 bits per heavy atom. The Hall–Kier alpha value is 0.110. The highest BCUT2D eigenvalue weighted by Gasteiger charge is 2.56. The molecular formula is C11H21O4P. The fraction of sp³-hybridized carbons (Fsp3) is 1.00. The molecule has 0 amide bonds. The second-order valence-corrected chi connectivity index (χ2v) is 6.86. The molecule has 0 aromatic carbocycles. The molecule has 94 valence electrons. The molecule has 2 saturated carbocycles. The van der Waals surface area contributed by atoms with E-state index in [2.05, 4.69) is 0 Å². The third kappa shape index (κ3) is 1.97. The third-order valence-electron chi connectivity index (χ3n) is 3.81. The van der Waals surface area contributed by atoms with Crippen molar-refractivity contribution in [3.63, 3.8) is 0 Å². The number of rotatable bonds is 5. The lowest BCUT2D eigenvalue weighted by Crippen LogP contribution is -2.22. The predicted octanol–water partition coefficient (Wildman–Crippen LogP) is 2.41. The molecule has 0 spiro atoms. The highest BCUT2D eigenvalue weighted by molar-refractivity contribution is 7.54. The maximum absolute atomic E-state index is 12.7. The van der Waals surface area contributed by atoms with E-state index in [0.717, 1.165) is 19.3 Å². The zero-order chi connectivity index (χ0) is 11.8. The highest BCUT2D eigenvalue weighted by Crippen LogP contribution is 2.66. The van der Waals surface area contributed by atoms with Gasteiger partial charge in [-0.05, 0) is 44.9 Å². The molecule has 5 heteroatoms. The first-order chi connectivity index (χ1) is 7.62. The Kier molecular flexibility index (Phi) is 3.75.